The van der Waals surface area contributed by atoms with Crippen molar-refractivity contribution >= 4 is 62.7 Å². The number of nitrogens with zero attached hydrogens (tertiary/aromatic N) is 2. The minimum absolute atomic E-state index is 0.247. The van der Waals surface area contributed by atoms with Crippen LogP contribution in [0.5, 0.6) is 0 Å². The largest absolute Gasteiger partial charge is 0.480 e. The van der Waals surface area contributed by atoms with Gasteiger partial charge >= 0.3 is 5.97 Å². The summed E-state index contributed by atoms with van der Waals surface area (Å²) in [7, 11) is 0. The molecule has 1 aliphatic heterocycles. The van der Waals surface area contributed by atoms with Crippen LogP contribution in [-0.2, 0) is 16.1 Å². The first kappa shape index (κ1) is 17.6. The standard InChI is InChI=1S/C16H13N3O3S3/c20-13(21)8-19-14(22)12(25-16(19)23)6-11-9-24-15(18-11)17-7-10-4-2-1-3-5-10/h1-6,9H,7-8H2,(H,17,18)(H,20,21)/b12-6-. The average Bonchev–Trinajstić information content (AvgIpc) is 3.14. The molecule has 1 aromatic carbocycles. The lowest BCUT2D eigenvalue weighted by Gasteiger charge is -2.09. The summed E-state index contributed by atoms with van der Waals surface area (Å²) in [6, 6.07) is 9.96. The maximum atomic E-state index is 12.2. The van der Waals surface area contributed by atoms with Crippen LogP contribution in [0.15, 0.2) is 40.6 Å². The normalized spacial score (nSPS) is 15.8. The van der Waals surface area contributed by atoms with Gasteiger partial charge in [-0.1, -0.05) is 54.3 Å². The topological polar surface area (TPSA) is 82.5 Å². The molecule has 1 saturated heterocycles. The number of carboxylic acid groups (broad SMARTS) is 1. The van der Waals surface area contributed by atoms with Crippen molar-refractivity contribution in [1.29, 1.82) is 0 Å². The molecule has 1 aromatic heterocycles. The zero-order chi connectivity index (χ0) is 17.8. The Labute approximate surface area is 157 Å². The van der Waals surface area contributed by atoms with Gasteiger partial charge in [-0.25, -0.2) is 4.98 Å². The molecule has 0 bridgehead atoms. The van der Waals surface area contributed by atoms with E-state index in [1.165, 1.54) is 11.3 Å². The quantitative estimate of drug-likeness (QED) is 0.578. The number of carbonyl (C=O) groups is 2. The molecule has 0 unspecified atom stereocenters. The number of nitrogens with one attached hydrogen (secondary N) is 1. The number of carboxylic acids is 1. The van der Waals surface area contributed by atoms with Crippen molar-refractivity contribution in [3.63, 3.8) is 0 Å². The third-order valence-electron chi connectivity index (χ3n) is 3.25. The number of anilines is 1. The lowest BCUT2D eigenvalue weighted by atomic mass is 10.2. The third-order valence-corrected chi connectivity index (χ3v) is 5.45. The van der Waals surface area contributed by atoms with Crippen molar-refractivity contribution in [2.45, 2.75) is 6.54 Å². The molecule has 0 atom stereocenters. The highest BCUT2D eigenvalue weighted by Crippen LogP contribution is 2.32. The molecule has 9 heteroatoms. The minimum atomic E-state index is -1.10. The molecule has 2 heterocycles. The molecular weight excluding hydrogens is 378 g/mol. The van der Waals surface area contributed by atoms with Gasteiger partial charge in [0.2, 0.25) is 0 Å². The Bertz CT molecular complexity index is 849. The van der Waals surface area contributed by atoms with Gasteiger partial charge in [0.05, 0.1) is 10.6 Å². The minimum Gasteiger partial charge on any atom is -0.480 e. The molecule has 25 heavy (non-hydrogen) atoms. The summed E-state index contributed by atoms with van der Waals surface area (Å²) in [5, 5.41) is 14.7. The number of thioether (sulfide) groups is 1. The first-order valence-corrected chi connectivity index (χ1v) is 9.34. The number of rotatable bonds is 6. The Morgan fingerprint density at radius 1 is 1.36 bits per heavy atom. The van der Waals surface area contributed by atoms with Crippen LogP contribution in [0.4, 0.5) is 5.13 Å². The molecule has 0 radical (unpaired) electrons. The number of carbonyl (C=O) groups excluding carboxylic acids is 1. The number of aliphatic carboxylic acids is 1. The van der Waals surface area contributed by atoms with E-state index in [9.17, 15) is 9.59 Å². The molecule has 1 fully saturated rings. The van der Waals surface area contributed by atoms with Crippen LogP contribution in [0.25, 0.3) is 6.08 Å². The van der Waals surface area contributed by atoms with Crippen molar-refractivity contribution in [3.8, 4) is 0 Å². The van der Waals surface area contributed by atoms with Gasteiger partial charge in [-0.15, -0.1) is 11.3 Å². The van der Waals surface area contributed by atoms with E-state index in [1.54, 1.807) is 6.08 Å². The second-order valence-corrected chi connectivity index (χ2v) is 7.61. The Morgan fingerprint density at radius 2 is 2.12 bits per heavy atom. The second-order valence-electron chi connectivity index (χ2n) is 5.08. The summed E-state index contributed by atoms with van der Waals surface area (Å²) in [4.78, 5) is 28.9. The van der Waals surface area contributed by atoms with E-state index in [2.05, 4.69) is 10.3 Å². The zero-order valence-corrected chi connectivity index (χ0v) is 15.3. The van der Waals surface area contributed by atoms with E-state index >= 15 is 0 Å². The van der Waals surface area contributed by atoms with Crippen LogP contribution in [0.2, 0.25) is 0 Å². The molecule has 6 nitrogen and oxygen atoms in total. The van der Waals surface area contributed by atoms with Crippen LogP contribution >= 0.6 is 35.3 Å². The summed E-state index contributed by atoms with van der Waals surface area (Å²) in [6.07, 6.45) is 1.63. The molecule has 128 valence electrons. The van der Waals surface area contributed by atoms with Gasteiger partial charge in [-0.05, 0) is 11.6 Å². The summed E-state index contributed by atoms with van der Waals surface area (Å²) in [6.45, 7) is 0.234. The molecule has 2 aromatic rings. The van der Waals surface area contributed by atoms with Gasteiger partial charge in [0.15, 0.2) is 5.13 Å². The fourth-order valence-corrected chi connectivity index (χ4v) is 4.02. The van der Waals surface area contributed by atoms with E-state index in [4.69, 9.17) is 17.3 Å². The third kappa shape index (κ3) is 4.44. The number of thiazole rings is 1. The average molecular weight is 391 g/mol. The van der Waals surface area contributed by atoms with Crippen LogP contribution in [0, 0.1) is 0 Å². The van der Waals surface area contributed by atoms with Gasteiger partial charge in [0.1, 0.15) is 10.9 Å². The number of aromatic nitrogens is 1. The monoisotopic (exact) mass is 391 g/mol. The summed E-state index contributed by atoms with van der Waals surface area (Å²) >= 11 is 7.59. The molecule has 1 aliphatic rings. The number of hydrogen-bond donors (Lipinski definition) is 2. The Morgan fingerprint density at radius 3 is 2.84 bits per heavy atom. The summed E-state index contributed by atoms with van der Waals surface area (Å²) in [5.74, 6) is -1.50. The van der Waals surface area contributed by atoms with Gasteiger partial charge in [-0.2, -0.15) is 0 Å². The smallest absolute Gasteiger partial charge is 0.323 e. The van der Waals surface area contributed by atoms with E-state index in [1.807, 2.05) is 35.7 Å². The second kappa shape index (κ2) is 7.77. The molecule has 3 rings (SSSR count). The predicted octanol–water partition coefficient (Wildman–Crippen LogP) is 3.04. The molecule has 2 N–H and O–H groups in total. The lowest BCUT2D eigenvalue weighted by Crippen LogP contribution is -2.33. The highest BCUT2D eigenvalue weighted by molar-refractivity contribution is 8.26. The maximum Gasteiger partial charge on any atom is 0.323 e. The highest BCUT2D eigenvalue weighted by atomic mass is 32.2. The Kier molecular flexibility index (Phi) is 5.47. The Balaban J connectivity index is 1.66. The first-order valence-electron chi connectivity index (χ1n) is 7.23. The number of amides is 1. The predicted molar refractivity (Wildman–Crippen MR) is 103 cm³/mol. The van der Waals surface area contributed by atoms with E-state index in [0.717, 1.165) is 27.4 Å². The van der Waals surface area contributed by atoms with E-state index in [-0.39, 0.29) is 4.32 Å². The van der Waals surface area contributed by atoms with Crippen molar-refractivity contribution in [3.05, 3.63) is 51.9 Å². The van der Waals surface area contributed by atoms with Crippen LogP contribution in [0.1, 0.15) is 11.3 Å². The lowest BCUT2D eigenvalue weighted by molar-refractivity contribution is -0.140. The molecule has 0 saturated carbocycles. The molecular formula is C16H13N3O3S3. The number of thiocarbonyl (C=S) groups is 1. The van der Waals surface area contributed by atoms with Crippen molar-refractivity contribution < 1.29 is 14.7 Å². The van der Waals surface area contributed by atoms with Gasteiger partial charge in [0, 0.05) is 11.9 Å². The summed E-state index contributed by atoms with van der Waals surface area (Å²) < 4.78 is 0.247. The Hall–Kier alpha value is -2.23. The SMILES string of the molecule is O=C(O)CN1C(=O)/C(=C/c2csc(NCc3ccccc3)n2)SC1=S. The van der Waals surface area contributed by atoms with Crippen molar-refractivity contribution in [2.24, 2.45) is 0 Å². The maximum absolute atomic E-state index is 12.2. The fraction of sp³-hybridized carbons (Fsp3) is 0.125. The van der Waals surface area contributed by atoms with Crippen LogP contribution in [-0.4, -0.2) is 37.7 Å². The van der Waals surface area contributed by atoms with Gasteiger partial charge in [0.25, 0.3) is 5.91 Å². The van der Waals surface area contributed by atoms with Gasteiger partial charge < -0.3 is 10.4 Å². The zero-order valence-electron chi connectivity index (χ0n) is 12.8. The number of hydrogen-bond acceptors (Lipinski definition) is 7. The van der Waals surface area contributed by atoms with Crippen molar-refractivity contribution in [2.75, 3.05) is 11.9 Å². The fourth-order valence-electron chi connectivity index (χ4n) is 2.11. The van der Waals surface area contributed by atoms with Crippen molar-refractivity contribution in [1.82, 2.24) is 9.88 Å². The van der Waals surface area contributed by atoms with E-state index < -0.39 is 18.4 Å². The molecule has 1 amide bonds. The van der Waals surface area contributed by atoms with E-state index in [0.29, 0.717) is 17.1 Å². The molecule has 0 aliphatic carbocycles. The van der Waals surface area contributed by atoms with Gasteiger partial charge in [-0.3, -0.25) is 14.5 Å². The highest BCUT2D eigenvalue weighted by Gasteiger charge is 2.33. The number of benzene rings is 1. The van der Waals surface area contributed by atoms with Crippen LogP contribution < -0.4 is 5.32 Å². The molecule has 0 spiro atoms. The summed E-state index contributed by atoms with van der Waals surface area (Å²) in [5.41, 5.74) is 1.78. The van der Waals surface area contributed by atoms with Crippen LogP contribution in [0.3, 0.4) is 0 Å². The first-order chi connectivity index (χ1) is 12.0.